The van der Waals surface area contributed by atoms with Crippen LogP contribution >= 0.6 is 0 Å². The van der Waals surface area contributed by atoms with Gasteiger partial charge in [0, 0.05) is 50.5 Å². The second kappa shape index (κ2) is 8.90. The van der Waals surface area contributed by atoms with Crippen LogP contribution < -0.4 is 0 Å². The van der Waals surface area contributed by atoms with Crippen LogP contribution in [0.1, 0.15) is 37.3 Å². The Morgan fingerprint density at radius 3 is 2.06 bits per heavy atom. The third kappa shape index (κ3) is 4.56. The lowest BCUT2D eigenvalue weighted by Gasteiger charge is -2.37. The number of piperidine rings is 2. The molecule has 2 aliphatic rings. The molecule has 1 aromatic heterocycles. The van der Waals surface area contributed by atoms with Crippen LogP contribution in [0, 0.1) is 5.92 Å². The normalized spacial score (nSPS) is 19.9. The number of likely N-dealkylation sites (tertiary alicyclic amines) is 1. The SMILES string of the molecule is O=C(C1CCN(S(=O)(=O)c2ccccc2C(F)(F)F)CC1)N1CCC(n2cccc2)CC1. The molecule has 6 nitrogen and oxygen atoms in total. The Kier molecular flexibility index (Phi) is 6.35. The summed E-state index contributed by atoms with van der Waals surface area (Å²) >= 11 is 0. The van der Waals surface area contributed by atoms with Gasteiger partial charge in [0.1, 0.15) is 0 Å². The van der Waals surface area contributed by atoms with E-state index in [-0.39, 0.29) is 24.9 Å². The van der Waals surface area contributed by atoms with Crippen molar-refractivity contribution in [3.05, 3.63) is 54.4 Å². The predicted molar refractivity (Wildman–Crippen MR) is 112 cm³/mol. The summed E-state index contributed by atoms with van der Waals surface area (Å²) in [6, 6.07) is 8.56. The van der Waals surface area contributed by atoms with Crippen LogP contribution in [0.4, 0.5) is 13.2 Å². The highest BCUT2D eigenvalue weighted by Crippen LogP contribution is 2.36. The Morgan fingerprint density at radius 1 is 0.875 bits per heavy atom. The van der Waals surface area contributed by atoms with Gasteiger partial charge in [0.05, 0.1) is 10.5 Å². The Morgan fingerprint density at radius 2 is 1.47 bits per heavy atom. The van der Waals surface area contributed by atoms with Crippen molar-refractivity contribution in [2.75, 3.05) is 26.2 Å². The molecule has 2 fully saturated rings. The molecule has 174 valence electrons. The molecule has 0 radical (unpaired) electrons. The van der Waals surface area contributed by atoms with Crippen molar-refractivity contribution in [3.8, 4) is 0 Å². The van der Waals surface area contributed by atoms with Crippen LogP contribution in [0.5, 0.6) is 0 Å². The smallest absolute Gasteiger partial charge is 0.351 e. The minimum atomic E-state index is -4.76. The summed E-state index contributed by atoms with van der Waals surface area (Å²) in [7, 11) is -4.30. The monoisotopic (exact) mass is 469 g/mol. The molecule has 3 heterocycles. The standard InChI is InChI=1S/C22H26F3N3O3S/c23-22(24,25)19-5-1-2-6-20(19)32(30,31)28-15-7-17(8-16-28)21(29)27-13-9-18(10-14-27)26-11-3-4-12-26/h1-6,11-12,17-18H,7-10,13-16H2. The van der Waals surface area contributed by atoms with Crippen molar-refractivity contribution in [1.29, 1.82) is 0 Å². The highest BCUT2D eigenvalue weighted by atomic mass is 32.2. The maximum absolute atomic E-state index is 13.3. The fourth-order valence-electron chi connectivity index (χ4n) is 4.64. The molecule has 0 bridgehead atoms. The lowest BCUT2D eigenvalue weighted by Crippen LogP contribution is -2.46. The van der Waals surface area contributed by atoms with Crippen molar-refractivity contribution in [1.82, 2.24) is 13.8 Å². The average molecular weight is 470 g/mol. The summed E-state index contributed by atoms with van der Waals surface area (Å²) in [5, 5.41) is 0. The summed E-state index contributed by atoms with van der Waals surface area (Å²) in [5.41, 5.74) is -1.16. The van der Waals surface area contributed by atoms with E-state index >= 15 is 0 Å². The van der Waals surface area contributed by atoms with Crippen LogP contribution in [-0.2, 0) is 21.0 Å². The van der Waals surface area contributed by atoms with E-state index in [2.05, 4.69) is 4.57 Å². The molecule has 32 heavy (non-hydrogen) atoms. The molecule has 0 atom stereocenters. The minimum absolute atomic E-state index is 0.0173. The number of aromatic nitrogens is 1. The zero-order chi connectivity index (χ0) is 22.9. The molecule has 10 heteroatoms. The Hall–Kier alpha value is -2.33. The number of carbonyl (C=O) groups excluding carboxylic acids is 1. The van der Waals surface area contributed by atoms with Crippen molar-refractivity contribution < 1.29 is 26.4 Å². The first-order valence-electron chi connectivity index (χ1n) is 10.8. The van der Waals surface area contributed by atoms with E-state index in [0.717, 1.165) is 29.3 Å². The molecule has 0 spiro atoms. The van der Waals surface area contributed by atoms with Gasteiger partial charge < -0.3 is 9.47 Å². The van der Waals surface area contributed by atoms with Crippen LogP contribution in [0.2, 0.25) is 0 Å². The molecule has 0 N–H and O–H groups in total. The lowest BCUT2D eigenvalue weighted by atomic mass is 9.95. The quantitative estimate of drug-likeness (QED) is 0.685. The lowest BCUT2D eigenvalue weighted by molar-refractivity contribution is -0.140. The molecule has 1 amide bonds. The van der Waals surface area contributed by atoms with Gasteiger partial charge in [-0.05, 0) is 49.9 Å². The van der Waals surface area contributed by atoms with Crippen molar-refractivity contribution in [2.24, 2.45) is 5.92 Å². The number of hydrogen-bond acceptors (Lipinski definition) is 3. The second-order valence-electron chi connectivity index (χ2n) is 8.36. The number of hydrogen-bond donors (Lipinski definition) is 0. The number of alkyl halides is 3. The molecule has 2 aliphatic heterocycles. The van der Waals surface area contributed by atoms with Crippen LogP contribution in [0.25, 0.3) is 0 Å². The molecular weight excluding hydrogens is 443 g/mol. The predicted octanol–water partition coefficient (Wildman–Crippen LogP) is 3.77. The van der Waals surface area contributed by atoms with Crippen molar-refractivity contribution in [3.63, 3.8) is 0 Å². The zero-order valence-corrected chi connectivity index (χ0v) is 18.4. The summed E-state index contributed by atoms with van der Waals surface area (Å²) in [4.78, 5) is 14.1. The largest absolute Gasteiger partial charge is 0.417 e. The van der Waals surface area contributed by atoms with Gasteiger partial charge in [-0.1, -0.05) is 12.1 Å². The van der Waals surface area contributed by atoms with Gasteiger partial charge in [0.2, 0.25) is 15.9 Å². The second-order valence-corrected chi connectivity index (χ2v) is 10.3. The summed E-state index contributed by atoms with van der Waals surface area (Å²) in [5.74, 6) is -0.286. The number of carbonyl (C=O) groups is 1. The topological polar surface area (TPSA) is 62.6 Å². The van der Waals surface area contributed by atoms with Gasteiger partial charge in [-0.3, -0.25) is 4.79 Å². The van der Waals surface area contributed by atoms with Gasteiger partial charge in [0.15, 0.2) is 0 Å². The molecule has 4 rings (SSSR count). The first-order chi connectivity index (χ1) is 15.2. The van der Waals surface area contributed by atoms with E-state index in [0.29, 0.717) is 32.0 Å². The minimum Gasteiger partial charge on any atom is -0.351 e. The first-order valence-corrected chi connectivity index (χ1v) is 12.2. The fourth-order valence-corrected chi connectivity index (χ4v) is 6.32. The third-order valence-corrected chi connectivity index (χ3v) is 8.40. The van der Waals surface area contributed by atoms with Crippen molar-refractivity contribution >= 4 is 15.9 Å². The van der Waals surface area contributed by atoms with E-state index in [1.807, 2.05) is 29.4 Å². The Bertz CT molecular complexity index is 1040. The van der Waals surface area contributed by atoms with Gasteiger partial charge in [-0.25, -0.2) is 8.42 Å². The van der Waals surface area contributed by atoms with Gasteiger partial charge >= 0.3 is 6.18 Å². The Labute approximate surface area is 185 Å². The number of rotatable bonds is 4. The summed E-state index contributed by atoms with van der Waals surface area (Å²) in [6.07, 6.45) is 1.63. The molecule has 0 unspecified atom stereocenters. The van der Waals surface area contributed by atoms with Gasteiger partial charge in [0.25, 0.3) is 0 Å². The molecule has 2 saturated heterocycles. The number of halogens is 3. The van der Waals surface area contributed by atoms with E-state index < -0.39 is 26.7 Å². The molecule has 2 aromatic rings. The van der Waals surface area contributed by atoms with Crippen LogP contribution in [0.3, 0.4) is 0 Å². The number of benzene rings is 1. The van der Waals surface area contributed by atoms with Crippen LogP contribution in [0.15, 0.2) is 53.7 Å². The molecule has 1 aromatic carbocycles. The van der Waals surface area contributed by atoms with E-state index in [1.165, 1.54) is 12.1 Å². The molecular formula is C22H26F3N3O3S. The van der Waals surface area contributed by atoms with Crippen molar-refractivity contribution in [2.45, 2.75) is 42.8 Å². The van der Waals surface area contributed by atoms with Gasteiger partial charge in [-0.2, -0.15) is 17.5 Å². The summed E-state index contributed by atoms with van der Waals surface area (Å²) in [6.45, 7) is 1.37. The number of nitrogens with zero attached hydrogens (tertiary/aromatic N) is 3. The Balaban J connectivity index is 1.37. The summed E-state index contributed by atoms with van der Waals surface area (Å²) < 4.78 is 69.0. The highest BCUT2D eigenvalue weighted by molar-refractivity contribution is 7.89. The number of sulfonamides is 1. The molecule has 0 saturated carbocycles. The van der Waals surface area contributed by atoms with Crippen LogP contribution in [-0.4, -0.2) is 54.3 Å². The zero-order valence-electron chi connectivity index (χ0n) is 17.5. The van der Waals surface area contributed by atoms with Gasteiger partial charge in [-0.15, -0.1) is 0 Å². The average Bonchev–Trinajstić information content (AvgIpc) is 3.33. The first kappa shape index (κ1) is 22.8. The van der Waals surface area contributed by atoms with E-state index in [1.54, 1.807) is 0 Å². The maximum atomic E-state index is 13.3. The van der Waals surface area contributed by atoms with E-state index in [4.69, 9.17) is 0 Å². The highest BCUT2D eigenvalue weighted by Gasteiger charge is 2.40. The van der Waals surface area contributed by atoms with E-state index in [9.17, 15) is 26.4 Å². The maximum Gasteiger partial charge on any atom is 0.417 e. The molecule has 0 aliphatic carbocycles. The number of amides is 1. The third-order valence-electron chi connectivity index (χ3n) is 6.44. The fraction of sp³-hybridized carbons (Fsp3) is 0.500.